The van der Waals surface area contributed by atoms with E-state index in [1.807, 2.05) is 7.05 Å². The number of nitrogens with zero attached hydrogens (tertiary/aromatic N) is 3. The summed E-state index contributed by atoms with van der Waals surface area (Å²) in [6, 6.07) is 15.7. The Morgan fingerprint density at radius 3 is 2.38 bits per heavy atom. The average molecular weight is 562 g/mol. The fraction of sp³-hybridized carbons (Fsp3) is 0.250. The van der Waals surface area contributed by atoms with Crippen molar-refractivity contribution in [2.45, 2.75) is 16.0 Å². The number of para-hydroxylation sites is 1. The van der Waals surface area contributed by atoms with E-state index in [0.29, 0.717) is 37.5 Å². The van der Waals surface area contributed by atoms with Crippen LogP contribution in [0, 0.1) is 0 Å². The second kappa shape index (κ2) is 11.1. The smallest absolute Gasteiger partial charge is 0.273 e. The van der Waals surface area contributed by atoms with E-state index in [0.717, 1.165) is 11.3 Å². The molecule has 0 saturated carbocycles. The molecule has 0 radical (unpaired) electrons. The number of carbonyl (C=O) groups excluding carboxylic acids is 1. The number of likely N-dealkylation sites (N-methyl/N-ethyl adjacent to an activating group) is 1. The van der Waals surface area contributed by atoms with Gasteiger partial charge in [0.25, 0.3) is 15.9 Å². The van der Waals surface area contributed by atoms with Crippen LogP contribution in [0.1, 0.15) is 22.8 Å². The lowest BCUT2D eigenvalue weighted by molar-refractivity contribution is 0.0955. The van der Waals surface area contributed by atoms with Crippen LogP contribution in [0.15, 0.2) is 80.2 Å². The molecule has 1 aromatic heterocycles. The van der Waals surface area contributed by atoms with E-state index in [2.05, 4.69) is 20.1 Å². The lowest BCUT2D eigenvalue weighted by Crippen LogP contribution is -2.47. The number of sulfonamides is 2. The van der Waals surface area contributed by atoms with Gasteiger partial charge in [0.05, 0.1) is 21.9 Å². The molecule has 1 aliphatic heterocycles. The Labute approximate surface area is 220 Å². The SMILES string of the molecule is C/C(=N\NC(=O)c1ccccc1NS(=O)(=O)c1cccs1)c1cccc(S(=O)(=O)N2CCN(C)CC2)c1. The zero-order valence-corrected chi connectivity index (χ0v) is 22.7. The van der Waals surface area contributed by atoms with Gasteiger partial charge in [-0.2, -0.15) is 9.41 Å². The van der Waals surface area contributed by atoms with Crippen molar-refractivity contribution in [3.05, 3.63) is 77.2 Å². The fourth-order valence-corrected chi connectivity index (χ4v) is 7.24. The summed E-state index contributed by atoms with van der Waals surface area (Å²) >= 11 is 1.07. The molecular weight excluding hydrogens is 534 g/mol. The molecule has 0 aliphatic carbocycles. The number of hydrogen-bond acceptors (Lipinski definition) is 8. The monoisotopic (exact) mass is 561 g/mol. The minimum atomic E-state index is -3.84. The van der Waals surface area contributed by atoms with Gasteiger partial charge in [-0.25, -0.2) is 22.3 Å². The molecule has 1 saturated heterocycles. The molecule has 10 nitrogen and oxygen atoms in total. The quantitative estimate of drug-likeness (QED) is 0.322. The zero-order valence-electron chi connectivity index (χ0n) is 20.3. The van der Waals surface area contributed by atoms with Crippen molar-refractivity contribution in [1.82, 2.24) is 14.6 Å². The summed E-state index contributed by atoms with van der Waals surface area (Å²) in [6.07, 6.45) is 0. The lowest BCUT2D eigenvalue weighted by Gasteiger charge is -2.31. The highest BCUT2D eigenvalue weighted by Crippen LogP contribution is 2.23. The van der Waals surface area contributed by atoms with E-state index in [4.69, 9.17) is 0 Å². The van der Waals surface area contributed by atoms with Gasteiger partial charge in [0.1, 0.15) is 4.21 Å². The number of hydrogen-bond donors (Lipinski definition) is 2. The third kappa shape index (κ3) is 6.25. The Kier molecular flexibility index (Phi) is 8.09. The first-order valence-electron chi connectivity index (χ1n) is 11.4. The number of piperazine rings is 1. The predicted molar refractivity (Wildman–Crippen MR) is 144 cm³/mol. The third-order valence-electron chi connectivity index (χ3n) is 5.85. The number of nitrogens with one attached hydrogen (secondary N) is 2. The molecular formula is C24H27N5O5S3. The first-order valence-corrected chi connectivity index (χ1v) is 15.2. The molecule has 0 spiro atoms. The third-order valence-corrected chi connectivity index (χ3v) is 10.5. The summed E-state index contributed by atoms with van der Waals surface area (Å²) in [4.78, 5) is 15.1. The van der Waals surface area contributed by atoms with Gasteiger partial charge in [0.2, 0.25) is 10.0 Å². The van der Waals surface area contributed by atoms with Crippen LogP contribution in [-0.2, 0) is 20.0 Å². The summed E-state index contributed by atoms with van der Waals surface area (Å²) in [5.74, 6) is -0.620. The lowest BCUT2D eigenvalue weighted by atomic mass is 10.1. The molecule has 196 valence electrons. The molecule has 1 fully saturated rings. The highest BCUT2D eigenvalue weighted by atomic mass is 32.2. The highest BCUT2D eigenvalue weighted by molar-refractivity contribution is 7.94. The molecule has 2 aromatic carbocycles. The minimum absolute atomic E-state index is 0.0885. The minimum Gasteiger partial charge on any atom is -0.304 e. The molecule has 1 amide bonds. The molecule has 2 heterocycles. The van der Waals surface area contributed by atoms with Gasteiger partial charge in [-0.05, 0) is 55.2 Å². The molecule has 0 bridgehead atoms. The number of carbonyl (C=O) groups is 1. The molecule has 37 heavy (non-hydrogen) atoms. The number of benzene rings is 2. The predicted octanol–water partition coefficient (Wildman–Crippen LogP) is 2.64. The van der Waals surface area contributed by atoms with Gasteiger partial charge in [0.15, 0.2) is 0 Å². The Bertz CT molecular complexity index is 1510. The standard InChI is InChI=1S/C24H27N5O5S3/c1-18(19-7-5-8-20(17-19)37(33,34)29-14-12-28(2)13-15-29)25-26-24(30)21-9-3-4-10-22(21)27-36(31,32)23-11-6-16-35-23/h3-11,16-17,27H,12-15H2,1-2H3,(H,26,30)/b25-18+. The molecule has 2 N–H and O–H groups in total. The second-order valence-corrected chi connectivity index (χ2v) is 13.3. The number of hydrazone groups is 1. The van der Waals surface area contributed by atoms with E-state index < -0.39 is 26.0 Å². The van der Waals surface area contributed by atoms with Crippen molar-refractivity contribution >= 4 is 48.7 Å². The second-order valence-electron chi connectivity index (χ2n) is 8.46. The Balaban J connectivity index is 1.50. The Morgan fingerprint density at radius 1 is 0.946 bits per heavy atom. The summed E-state index contributed by atoms with van der Waals surface area (Å²) < 4.78 is 55.5. The van der Waals surface area contributed by atoms with Crippen LogP contribution in [0.4, 0.5) is 5.69 Å². The Morgan fingerprint density at radius 2 is 1.68 bits per heavy atom. The maximum atomic E-state index is 13.1. The van der Waals surface area contributed by atoms with Crippen molar-refractivity contribution in [2.75, 3.05) is 37.9 Å². The van der Waals surface area contributed by atoms with Gasteiger partial charge >= 0.3 is 0 Å². The topological polar surface area (TPSA) is 128 Å². The maximum absolute atomic E-state index is 13.1. The van der Waals surface area contributed by atoms with Gasteiger partial charge in [-0.3, -0.25) is 9.52 Å². The normalized spacial score (nSPS) is 15.9. The number of thiophene rings is 1. The van der Waals surface area contributed by atoms with Crippen LogP contribution in [0.25, 0.3) is 0 Å². The van der Waals surface area contributed by atoms with Gasteiger partial charge in [-0.15, -0.1) is 11.3 Å². The summed E-state index contributed by atoms with van der Waals surface area (Å²) in [5.41, 5.74) is 3.56. The summed E-state index contributed by atoms with van der Waals surface area (Å²) in [5, 5.41) is 5.78. The van der Waals surface area contributed by atoms with E-state index in [9.17, 15) is 21.6 Å². The van der Waals surface area contributed by atoms with Gasteiger partial charge < -0.3 is 4.90 Å². The van der Waals surface area contributed by atoms with E-state index in [1.165, 1.54) is 28.6 Å². The summed E-state index contributed by atoms with van der Waals surface area (Å²) in [7, 11) is -5.55. The van der Waals surface area contributed by atoms with Crippen LogP contribution in [0.2, 0.25) is 0 Å². The van der Waals surface area contributed by atoms with Crippen LogP contribution in [0.3, 0.4) is 0 Å². The number of rotatable bonds is 8. The molecule has 0 unspecified atom stereocenters. The van der Waals surface area contributed by atoms with Crippen molar-refractivity contribution in [1.29, 1.82) is 0 Å². The van der Waals surface area contributed by atoms with Crippen LogP contribution < -0.4 is 10.1 Å². The number of amides is 1. The van der Waals surface area contributed by atoms with E-state index >= 15 is 0 Å². The molecule has 1 aliphatic rings. The molecule has 0 atom stereocenters. The highest BCUT2D eigenvalue weighted by Gasteiger charge is 2.27. The zero-order chi connectivity index (χ0) is 26.6. The largest absolute Gasteiger partial charge is 0.304 e. The maximum Gasteiger partial charge on any atom is 0.273 e. The van der Waals surface area contributed by atoms with E-state index in [-0.39, 0.29) is 20.4 Å². The van der Waals surface area contributed by atoms with Gasteiger partial charge in [0, 0.05) is 26.2 Å². The molecule has 3 aromatic rings. The van der Waals surface area contributed by atoms with Crippen LogP contribution >= 0.6 is 11.3 Å². The fourth-order valence-electron chi connectivity index (χ4n) is 3.70. The average Bonchev–Trinajstić information content (AvgIpc) is 3.44. The van der Waals surface area contributed by atoms with Gasteiger partial charge in [-0.1, -0.05) is 30.3 Å². The van der Waals surface area contributed by atoms with Crippen LogP contribution in [-0.4, -0.2) is 70.9 Å². The van der Waals surface area contributed by atoms with E-state index in [1.54, 1.807) is 48.7 Å². The summed E-state index contributed by atoms with van der Waals surface area (Å²) in [6.45, 7) is 3.81. The van der Waals surface area contributed by atoms with Crippen molar-refractivity contribution in [3.63, 3.8) is 0 Å². The van der Waals surface area contributed by atoms with Crippen molar-refractivity contribution in [2.24, 2.45) is 5.10 Å². The number of anilines is 1. The van der Waals surface area contributed by atoms with Crippen molar-refractivity contribution < 1.29 is 21.6 Å². The first-order chi connectivity index (χ1) is 17.6. The van der Waals surface area contributed by atoms with Crippen LogP contribution in [0.5, 0.6) is 0 Å². The molecule has 13 heteroatoms. The Hall–Kier alpha value is -3.10. The van der Waals surface area contributed by atoms with Crippen molar-refractivity contribution in [3.8, 4) is 0 Å². The first kappa shape index (κ1) is 26.9. The molecule has 4 rings (SSSR count).